The molecule has 2 aromatic carbocycles. The van der Waals surface area contributed by atoms with E-state index in [1.165, 1.54) is 42.2 Å². The summed E-state index contributed by atoms with van der Waals surface area (Å²) in [7, 11) is 0. The first-order valence-corrected chi connectivity index (χ1v) is 11.3. The highest BCUT2D eigenvalue weighted by Crippen LogP contribution is 2.39. The molecule has 1 aliphatic heterocycles. The molecule has 0 aliphatic carbocycles. The summed E-state index contributed by atoms with van der Waals surface area (Å²) in [5.41, 5.74) is -1.75. The van der Waals surface area contributed by atoms with Gasteiger partial charge in [-0.05, 0) is 76.4 Å². The standard InChI is InChI=1S/C25H27ClF3NO4/c1-15(23(32)34-24(2,3)4)33-21-10-8-17(26)14-19(21)16-7-9-18(20(13-16)25(27,28)29)22(31)30-11-5-6-12-30/h7-10,13-15H,5-6,11-12H2,1-4H3/t15-/m0/s1. The number of rotatable bonds is 5. The lowest BCUT2D eigenvalue weighted by Crippen LogP contribution is -2.33. The third kappa shape index (κ3) is 6.23. The van der Waals surface area contributed by atoms with Crippen molar-refractivity contribution >= 4 is 23.5 Å². The second-order valence-corrected chi connectivity index (χ2v) is 9.63. The maximum Gasteiger partial charge on any atom is 0.417 e. The first-order chi connectivity index (χ1) is 15.8. The summed E-state index contributed by atoms with van der Waals surface area (Å²) in [6.45, 7) is 7.52. The van der Waals surface area contributed by atoms with Gasteiger partial charge in [-0.2, -0.15) is 13.2 Å². The van der Waals surface area contributed by atoms with Gasteiger partial charge < -0.3 is 14.4 Å². The molecule has 9 heteroatoms. The van der Waals surface area contributed by atoms with Crippen molar-refractivity contribution < 1.29 is 32.2 Å². The van der Waals surface area contributed by atoms with Crippen LogP contribution in [0.2, 0.25) is 5.02 Å². The number of benzene rings is 2. The minimum absolute atomic E-state index is 0.152. The van der Waals surface area contributed by atoms with Crippen molar-refractivity contribution in [2.45, 2.75) is 58.4 Å². The van der Waals surface area contributed by atoms with Crippen molar-refractivity contribution in [3.8, 4) is 16.9 Å². The molecule has 3 rings (SSSR count). The smallest absolute Gasteiger partial charge is 0.417 e. The van der Waals surface area contributed by atoms with Gasteiger partial charge in [-0.25, -0.2) is 4.79 Å². The number of alkyl halides is 3. The highest BCUT2D eigenvalue weighted by atomic mass is 35.5. The van der Waals surface area contributed by atoms with Crippen LogP contribution in [0.1, 0.15) is 56.5 Å². The van der Waals surface area contributed by atoms with Crippen molar-refractivity contribution in [2.75, 3.05) is 13.1 Å². The van der Waals surface area contributed by atoms with Crippen LogP contribution in [0.3, 0.4) is 0 Å². The molecule has 0 saturated carbocycles. The Labute approximate surface area is 201 Å². The van der Waals surface area contributed by atoms with E-state index >= 15 is 0 Å². The van der Waals surface area contributed by atoms with Gasteiger partial charge in [0.1, 0.15) is 11.4 Å². The molecule has 5 nitrogen and oxygen atoms in total. The van der Waals surface area contributed by atoms with Crippen molar-refractivity contribution in [1.82, 2.24) is 4.90 Å². The Hall–Kier alpha value is -2.74. The number of nitrogens with zero attached hydrogens (tertiary/aromatic N) is 1. The molecule has 1 saturated heterocycles. The molecule has 1 amide bonds. The second kappa shape index (κ2) is 9.86. The SMILES string of the molecule is C[C@H](Oc1ccc(Cl)cc1-c1ccc(C(=O)N2CCCC2)c(C(F)(F)F)c1)C(=O)OC(C)(C)C. The van der Waals surface area contributed by atoms with E-state index in [-0.39, 0.29) is 21.9 Å². The topological polar surface area (TPSA) is 55.8 Å². The number of ether oxygens (including phenoxy) is 2. The lowest BCUT2D eigenvalue weighted by Gasteiger charge is -2.24. The Bertz CT molecular complexity index is 1070. The molecule has 34 heavy (non-hydrogen) atoms. The predicted octanol–water partition coefficient (Wildman–Crippen LogP) is 6.37. The average Bonchev–Trinajstić information content (AvgIpc) is 3.27. The largest absolute Gasteiger partial charge is 0.478 e. The van der Waals surface area contributed by atoms with E-state index in [9.17, 15) is 22.8 Å². The van der Waals surface area contributed by atoms with Crippen LogP contribution in [-0.4, -0.2) is 41.6 Å². The lowest BCUT2D eigenvalue weighted by molar-refractivity contribution is -0.162. The summed E-state index contributed by atoms with van der Waals surface area (Å²) in [4.78, 5) is 26.5. The van der Waals surface area contributed by atoms with E-state index in [4.69, 9.17) is 21.1 Å². The van der Waals surface area contributed by atoms with E-state index in [2.05, 4.69) is 0 Å². The van der Waals surface area contributed by atoms with E-state index < -0.39 is 40.9 Å². The van der Waals surface area contributed by atoms with E-state index in [0.29, 0.717) is 13.1 Å². The average molecular weight is 498 g/mol. The first-order valence-electron chi connectivity index (χ1n) is 11.0. The molecule has 184 valence electrons. The van der Waals surface area contributed by atoms with E-state index in [1.54, 1.807) is 20.8 Å². The van der Waals surface area contributed by atoms with Gasteiger partial charge in [0.05, 0.1) is 11.1 Å². The number of halogens is 4. The number of esters is 1. The maximum atomic E-state index is 14.0. The van der Waals surface area contributed by atoms with Crippen LogP contribution in [0.5, 0.6) is 5.75 Å². The van der Waals surface area contributed by atoms with Gasteiger partial charge in [-0.3, -0.25) is 4.79 Å². The summed E-state index contributed by atoms with van der Waals surface area (Å²) < 4.78 is 52.9. The van der Waals surface area contributed by atoms with Gasteiger partial charge in [-0.15, -0.1) is 0 Å². The Kier molecular flexibility index (Phi) is 7.50. The lowest BCUT2D eigenvalue weighted by atomic mass is 9.97. The number of hydrogen-bond donors (Lipinski definition) is 0. The highest BCUT2D eigenvalue weighted by Gasteiger charge is 2.37. The van der Waals surface area contributed by atoms with Gasteiger partial charge in [0, 0.05) is 23.7 Å². The predicted molar refractivity (Wildman–Crippen MR) is 123 cm³/mol. The number of amides is 1. The maximum absolute atomic E-state index is 14.0. The fourth-order valence-electron chi connectivity index (χ4n) is 3.68. The van der Waals surface area contributed by atoms with E-state index in [1.807, 2.05) is 0 Å². The van der Waals surface area contributed by atoms with Gasteiger partial charge in [0.25, 0.3) is 5.91 Å². The fraction of sp³-hybridized carbons (Fsp3) is 0.440. The number of carbonyl (C=O) groups excluding carboxylic acids is 2. The van der Waals surface area contributed by atoms with Crippen LogP contribution in [0, 0.1) is 0 Å². The Morgan fingerprint density at radius 1 is 1.03 bits per heavy atom. The van der Waals surface area contributed by atoms with Crippen molar-refractivity contribution in [1.29, 1.82) is 0 Å². The molecule has 0 radical (unpaired) electrons. The quantitative estimate of drug-likeness (QED) is 0.450. The summed E-state index contributed by atoms with van der Waals surface area (Å²) in [5.74, 6) is -1.09. The first kappa shape index (κ1) is 25.9. The van der Waals surface area contributed by atoms with Gasteiger partial charge in [0.15, 0.2) is 6.10 Å². The summed E-state index contributed by atoms with van der Waals surface area (Å²) in [6, 6.07) is 7.97. The zero-order chi connectivity index (χ0) is 25.3. The van der Waals surface area contributed by atoms with Crippen LogP contribution < -0.4 is 4.74 Å². The van der Waals surface area contributed by atoms with Crippen LogP contribution in [0.25, 0.3) is 11.1 Å². The van der Waals surface area contributed by atoms with Crippen molar-refractivity contribution in [3.05, 3.63) is 52.5 Å². The minimum Gasteiger partial charge on any atom is -0.478 e. The van der Waals surface area contributed by atoms with Crippen molar-refractivity contribution in [2.24, 2.45) is 0 Å². The molecule has 1 heterocycles. The van der Waals surface area contributed by atoms with E-state index in [0.717, 1.165) is 18.9 Å². The molecular weight excluding hydrogens is 471 g/mol. The number of carbonyl (C=O) groups is 2. The Morgan fingerprint density at radius 2 is 1.68 bits per heavy atom. The molecule has 0 N–H and O–H groups in total. The molecule has 0 spiro atoms. The molecule has 1 atom stereocenters. The minimum atomic E-state index is -4.75. The Morgan fingerprint density at radius 3 is 2.26 bits per heavy atom. The third-order valence-electron chi connectivity index (χ3n) is 5.24. The molecular formula is C25H27ClF3NO4. The normalized spacial score (nSPS) is 15.2. The second-order valence-electron chi connectivity index (χ2n) is 9.19. The van der Waals surface area contributed by atoms with Gasteiger partial charge in [0.2, 0.25) is 0 Å². The summed E-state index contributed by atoms with van der Waals surface area (Å²) in [5, 5.41) is 0.276. The fourth-order valence-corrected chi connectivity index (χ4v) is 3.85. The molecule has 0 unspecified atom stereocenters. The molecule has 2 aromatic rings. The third-order valence-corrected chi connectivity index (χ3v) is 5.48. The van der Waals surface area contributed by atoms with Gasteiger partial charge in [-0.1, -0.05) is 17.7 Å². The molecule has 0 aromatic heterocycles. The highest BCUT2D eigenvalue weighted by molar-refractivity contribution is 6.31. The monoisotopic (exact) mass is 497 g/mol. The summed E-state index contributed by atoms with van der Waals surface area (Å²) >= 11 is 6.12. The van der Waals surface area contributed by atoms with Crippen molar-refractivity contribution in [3.63, 3.8) is 0 Å². The van der Waals surface area contributed by atoms with Crippen LogP contribution in [0.4, 0.5) is 13.2 Å². The van der Waals surface area contributed by atoms with Crippen LogP contribution >= 0.6 is 11.6 Å². The van der Waals surface area contributed by atoms with Gasteiger partial charge >= 0.3 is 12.1 Å². The summed E-state index contributed by atoms with van der Waals surface area (Å²) in [6.07, 6.45) is -4.23. The number of likely N-dealkylation sites (tertiary alicyclic amines) is 1. The molecule has 0 bridgehead atoms. The molecule has 1 aliphatic rings. The zero-order valence-corrected chi connectivity index (χ0v) is 20.2. The Balaban J connectivity index is 2.00. The van der Waals surface area contributed by atoms with Crippen LogP contribution in [-0.2, 0) is 15.7 Å². The molecule has 1 fully saturated rings. The zero-order valence-electron chi connectivity index (χ0n) is 19.5. The number of hydrogen-bond acceptors (Lipinski definition) is 4. The van der Waals surface area contributed by atoms with Crippen LogP contribution in [0.15, 0.2) is 36.4 Å².